The van der Waals surface area contributed by atoms with Crippen LogP contribution in [0, 0.1) is 5.82 Å². The summed E-state index contributed by atoms with van der Waals surface area (Å²) >= 11 is 0. The Bertz CT molecular complexity index is 525. The van der Waals surface area contributed by atoms with Crippen LogP contribution in [-0.4, -0.2) is 30.3 Å². The first-order chi connectivity index (χ1) is 7.92. The van der Waals surface area contributed by atoms with Crippen molar-refractivity contribution in [2.45, 2.75) is 19.1 Å². The third-order valence-electron chi connectivity index (χ3n) is 2.55. The van der Waals surface area contributed by atoms with Crippen molar-refractivity contribution in [2.75, 3.05) is 5.75 Å². The molecule has 0 aliphatic rings. The summed E-state index contributed by atoms with van der Waals surface area (Å²) in [5.41, 5.74) is 0.211. The monoisotopic (exact) mass is 259 g/mol. The van der Waals surface area contributed by atoms with Crippen LogP contribution in [0.25, 0.3) is 0 Å². The van der Waals surface area contributed by atoms with Crippen LogP contribution in [0.2, 0.25) is 0 Å². The molecule has 0 aromatic heterocycles. The zero-order chi connectivity index (χ0) is 13.1. The predicted molar refractivity (Wildman–Crippen MR) is 63.6 cm³/mol. The van der Waals surface area contributed by atoms with E-state index in [2.05, 4.69) is 5.16 Å². The molecule has 0 bridgehead atoms. The summed E-state index contributed by atoms with van der Waals surface area (Å²) in [5.74, 6) is -0.576. The van der Waals surface area contributed by atoms with Gasteiger partial charge in [0.1, 0.15) is 16.8 Å². The van der Waals surface area contributed by atoms with E-state index in [9.17, 15) is 12.8 Å². The highest BCUT2D eigenvalue weighted by molar-refractivity contribution is 7.92. The van der Waals surface area contributed by atoms with Gasteiger partial charge in [0.15, 0.2) is 9.84 Å². The molecule has 0 aliphatic heterocycles. The molecule has 0 heterocycles. The van der Waals surface area contributed by atoms with Crippen molar-refractivity contribution in [1.29, 1.82) is 0 Å². The normalized spacial score (nSPS) is 14.6. The Morgan fingerprint density at radius 3 is 2.65 bits per heavy atom. The molecule has 1 aromatic carbocycles. The Morgan fingerprint density at radius 1 is 1.53 bits per heavy atom. The Labute approximate surface area is 99.7 Å². The van der Waals surface area contributed by atoms with Crippen LogP contribution in [0.5, 0.6) is 0 Å². The molecule has 0 fully saturated rings. The van der Waals surface area contributed by atoms with Gasteiger partial charge in [0.25, 0.3) is 0 Å². The molecule has 17 heavy (non-hydrogen) atoms. The molecule has 0 unspecified atom stereocenters. The predicted octanol–water partition coefficient (Wildman–Crippen LogP) is 1.83. The highest BCUT2D eigenvalue weighted by Gasteiger charge is 2.26. The summed E-state index contributed by atoms with van der Waals surface area (Å²) < 4.78 is 36.4. The van der Waals surface area contributed by atoms with Crippen LogP contribution in [0.4, 0.5) is 4.39 Å². The number of nitrogens with zero attached hydrogens (tertiary/aromatic N) is 1. The fourth-order valence-electron chi connectivity index (χ4n) is 1.44. The Hall–Kier alpha value is -1.43. The van der Waals surface area contributed by atoms with E-state index >= 15 is 0 Å². The first kappa shape index (κ1) is 13.6. The van der Waals surface area contributed by atoms with Crippen molar-refractivity contribution in [3.63, 3.8) is 0 Å². The summed E-state index contributed by atoms with van der Waals surface area (Å²) in [5, 5.41) is 10.9. The molecule has 1 N–H and O–H groups in total. The van der Waals surface area contributed by atoms with E-state index in [4.69, 9.17) is 5.21 Å². The smallest absolute Gasteiger partial charge is 0.158 e. The maximum atomic E-state index is 13.0. The Kier molecular flexibility index (Phi) is 4.22. The summed E-state index contributed by atoms with van der Waals surface area (Å²) in [6, 6.07) is 5.30. The van der Waals surface area contributed by atoms with Gasteiger partial charge in [0.2, 0.25) is 0 Å². The number of hydrogen-bond donors (Lipinski definition) is 1. The number of benzene rings is 1. The first-order valence-corrected chi connectivity index (χ1v) is 6.83. The van der Waals surface area contributed by atoms with E-state index in [0.29, 0.717) is 0 Å². The molecule has 0 saturated carbocycles. The lowest BCUT2D eigenvalue weighted by atomic mass is 10.1. The van der Waals surface area contributed by atoms with E-state index < -0.39 is 20.9 Å². The van der Waals surface area contributed by atoms with Gasteiger partial charge in [-0.05, 0) is 19.1 Å². The van der Waals surface area contributed by atoms with E-state index in [1.54, 1.807) is 0 Å². The zero-order valence-electron chi connectivity index (χ0n) is 9.59. The van der Waals surface area contributed by atoms with E-state index in [1.165, 1.54) is 32.0 Å². The number of oxime groups is 1. The average molecular weight is 259 g/mol. The minimum absolute atomic E-state index is 0.0497. The standard InChI is InChI=1S/C11H14FNO3S/c1-3-17(15,16)8(2)11(13-14)9-5-4-6-10(12)7-9/h4-8,14H,3H2,1-2H3/b13-11+/t8-/m1/s1. The van der Waals surface area contributed by atoms with Crippen molar-refractivity contribution in [2.24, 2.45) is 5.16 Å². The summed E-state index contributed by atoms with van der Waals surface area (Å²) in [6.45, 7) is 2.92. The van der Waals surface area contributed by atoms with Crippen LogP contribution in [-0.2, 0) is 9.84 Å². The maximum absolute atomic E-state index is 13.0. The van der Waals surface area contributed by atoms with Crippen molar-refractivity contribution >= 4 is 15.5 Å². The van der Waals surface area contributed by atoms with Crippen LogP contribution < -0.4 is 0 Å². The summed E-state index contributed by atoms with van der Waals surface area (Å²) in [6.07, 6.45) is 0. The maximum Gasteiger partial charge on any atom is 0.158 e. The number of rotatable bonds is 4. The van der Waals surface area contributed by atoms with Gasteiger partial charge in [-0.15, -0.1) is 0 Å². The van der Waals surface area contributed by atoms with Gasteiger partial charge in [-0.2, -0.15) is 0 Å². The molecule has 0 radical (unpaired) electrons. The fourth-order valence-corrected chi connectivity index (χ4v) is 2.47. The van der Waals surface area contributed by atoms with Gasteiger partial charge in [-0.25, -0.2) is 12.8 Å². The third kappa shape index (κ3) is 3.03. The van der Waals surface area contributed by atoms with Crippen molar-refractivity contribution in [3.8, 4) is 0 Å². The quantitative estimate of drug-likeness (QED) is 0.509. The van der Waals surface area contributed by atoms with Crippen molar-refractivity contribution in [3.05, 3.63) is 35.6 Å². The van der Waals surface area contributed by atoms with Crippen molar-refractivity contribution in [1.82, 2.24) is 0 Å². The molecule has 6 heteroatoms. The second kappa shape index (κ2) is 5.27. The Morgan fingerprint density at radius 2 is 2.18 bits per heavy atom. The molecule has 94 valence electrons. The summed E-state index contributed by atoms with van der Waals surface area (Å²) in [7, 11) is -3.38. The molecular weight excluding hydrogens is 245 g/mol. The molecule has 0 amide bonds. The van der Waals surface area contributed by atoms with Gasteiger partial charge in [0, 0.05) is 11.3 Å². The van der Waals surface area contributed by atoms with Crippen LogP contribution in [0.1, 0.15) is 19.4 Å². The lowest BCUT2D eigenvalue weighted by Gasteiger charge is -2.13. The van der Waals surface area contributed by atoms with Crippen molar-refractivity contribution < 1.29 is 18.0 Å². The van der Waals surface area contributed by atoms with Gasteiger partial charge < -0.3 is 5.21 Å². The highest BCUT2D eigenvalue weighted by Crippen LogP contribution is 2.13. The molecule has 1 atom stereocenters. The van der Waals surface area contributed by atoms with E-state index in [1.807, 2.05) is 0 Å². The van der Waals surface area contributed by atoms with Gasteiger partial charge in [0.05, 0.1) is 0 Å². The number of halogens is 1. The lowest BCUT2D eigenvalue weighted by Crippen LogP contribution is -2.29. The fraction of sp³-hybridized carbons (Fsp3) is 0.364. The lowest BCUT2D eigenvalue weighted by molar-refractivity contribution is 0.318. The van der Waals surface area contributed by atoms with Gasteiger partial charge >= 0.3 is 0 Å². The van der Waals surface area contributed by atoms with Gasteiger partial charge in [-0.3, -0.25) is 0 Å². The molecule has 0 spiro atoms. The molecule has 4 nitrogen and oxygen atoms in total. The first-order valence-electron chi connectivity index (χ1n) is 5.11. The molecule has 1 aromatic rings. The minimum Gasteiger partial charge on any atom is -0.411 e. The minimum atomic E-state index is -3.38. The number of sulfone groups is 1. The molecular formula is C11H14FNO3S. The second-order valence-electron chi connectivity index (χ2n) is 3.59. The zero-order valence-corrected chi connectivity index (χ0v) is 10.4. The highest BCUT2D eigenvalue weighted by atomic mass is 32.2. The summed E-state index contributed by atoms with van der Waals surface area (Å²) in [4.78, 5) is 0. The average Bonchev–Trinajstić information content (AvgIpc) is 2.30. The van der Waals surface area contributed by atoms with Gasteiger partial charge in [-0.1, -0.05) is 24.2 Å². The van der Waals surface area contributed by atoms with E-state index in [-0.39, 0.29) is 17.0 Å². The van der Waals surface area contributed by atoms with Crippen LogP contribution >= 0.6 is 0 Å². The largest absolute Gasteiger partial charge is 0.411 e. The second-order valence-corrected chi connectivity index (χ2v) is 6.20. The SMILES string of the molecule is CCS(=O)(=O)[C@H](C)/C(=N\O)c1cccc(F)c1. The van der Waals surface area contributed by atoms with E-state index in [0.717, 1.165) is 6.07 Å². The molecule has 0 aliphatic carbocycles. The van der Waals surface area contributed by atoms with Crippen LogP contribution in [0.3, 0.4) is 0 Å². The third-order valence-corrected chi connectivity index (χ3v) is 4.66. The molecule has 1 rings (SSSR count). The number of hydrogen-bond acceptors (Lipinski definition) is 4. The topological polar surface area (TPSA) is 66.7 Å². The van der Waals surface area contributed by atoms with Crippen LogP contribution in [0.15, 0.2) is 29.4 Å². The Balaban J connectivity index is 3.19. The molecule has 0 saturated heterocycles.